The van der Waals surface area contributed by atoms with Crippen LogP contribution in [0, 0.1) is 13.8 Å². The van der Waals surface area contributed by atoms with E-state index in [0.29, 0.717) is 12.2 Å². The van der Waals surface area contributed by atoms with Crippen molar-refractivity contribution in [2.24, 2.45) is 0 Å². The summed E-state index contributed by atoms with van der Waals surface area (Å²) in [4.78, 5) is 12.3. The van der Waals surface area contributed by atoms with Crippen LogP contribution in [0.15, 0.2) is 46.9 Å². The van der Waals surface area contributed by atoms with Crippen molar-refractivity contribution < 1.29 is 13.2 Å². The molecule has 0 bridgehead atoms. The van der Waals surface area contributed by atoms with Crippen molar-refractivity contribution >= 4 is 37.5 Å². The topological polar surface area (TPSA) is 66.5 Å². The zero-order valence-corrected chi connectivity index (χ0v) is 18.2. The smallest absolute Gasteiger partial charge is 0.240 e. The van der Waals surface area contributed by atoms with Gasteiger partial charge >= 0.3 is 0 Å². The lowest BCUT2D eigenvalue weighted by atomic mass is 10.1. The maximum Gasteiger partial charge on any atom is 0.240 e. The minimum Gasteiger partial charge on any atom is -0.355 e. The number of rotatable bonds is 8. The number of sulfonamides is 1. The molecule has 0 radical (unpaired) electrons. The fourth-order valence-corrected chi connectivity index (χ4v) is 3.85. The molecule has 0 aliphatic rings. The molecule has 0 unspecified atom stereocenters. The zero-order valence-electron chi connectivity index (χ0n) is 15.8. The van der Waals surface area contributed by atoms with E-state index in [1.807, 2.05) is 13.0 Å². The van der Waals surface area contributed by atoms with Gasteiger partial charge in [0.15, 0.2) is 0 Å². The molecule has 1 N–H and O–H groups in total. The van der Waals surface area contributed by atoms with E-state index in [1.54, 1.807) is 18.2 Å². The number of aryl methyl sites for hydroxylation is 3. The van der Waals surface area contributed by atoms with Crippen LogP contribution in [0.25, 0.3) is 0 Å². The Hall–Kier alpha value is -1.86. The van der Waals surface area contributed by atoms with Crippen LogP contribution in [0.5, 0.6) is 0 Å². The molecule has 0 aliphatic carbocycles. The first-order valence-corrected chi connectivity index (χ1v) is 11.4. The molecule has 0 saturated carbocycles. The van der Waals surface area contributed by atoms with Crippen LogP contribution in [0.4, 0.5) is 5.69 Å². The number of carbonyl (C=O) groups excluding carboxylic acids is 1. The quantitative estimate of drug-likeness (QED) is 0.622. The minimum absolute atomic E-state index is 0.232. The zero-order chi connectivity index (χ0) is 20.0. The Labute approximate surface area is 170 Å². The predicted molar refractivity (Wildman–Crippen MR) is 114 cm³/mol. The molecule has 0 aliphatic heterocycles. The van der Waals surface area contributed by atoms with Crippen molar-refractivity contribution in [1.29, 1.82) is 0 Å². The fourth-order valence-electron chi connectivity index (χ4n) is 2.76. The van der Waals surface area contributed by atoms with Crippen LogP contribution in [-0.4, -0.2) is 33.7 Å². The SMILES string of the molecule is Cc1cccc(CCCNC(=O)CN(c2ccc(Br)c(C)c2)S(C)(=O)=O)c1. The Bertz CT molecular complexity index is 913. The Kier molecular flexibility index (Phi) is 7.44. The lowest BCUT2D eigenvalue weighted by molar-refractivity contribution is -0.119. The summed E-state index contributed by atoms with van der Waals surface area (Å²) in [6, 6.07) is 13.5. The Balaban J connectivity index is 1.93. The van der Waals surface area contributed by atoms with Crippen LogP contribution in [-0.2, 0) is 21.2 Å². The van der Waals surface area contributed by atoms with Crippen molar-refractivity contribution in [3.63, 3.8) is 0 Å². The average molecular weight is 453 g/mol. The summed E-state index contributed by atoms with van der Waals surface area (Å²) >= 11 is 3.40. The minimum atomic E-state index is -3.56. The number of amides is 1. The third-order valence-corrected chi connectivity index (χ3v) is 6.19. The van der Waals surface area contributed by atoms with Crippen LogP contribution in [0.2, 0.25) is 0 Å². The number of benzene rings is 2. The number of hydrogen-bond acceptors (Lipinski definition) is 3. The first-order chi connectivity index (χ1) is 12.7. The number of anilines is 1. The van der Waals surface area contributed by atoms with Gasteiger partial charge < -0.3 is 5.32 Å². The second kappa shape index (κ2) is 9.37. The number of carbonyl (C=O) groups is 1. The summed E-state index contributed by atoms with van der Waals surface area (Å²) in [5.74, 6) is -0.315. The van der Waals surface area contributed by atoms with Crippen LogP contribution in [0.3, 0.4) is 0 Å². The van der Waals surface area contributed by atoms with Gasteiger partial charge in [-0.2, -0.15) is 0 Å². The van der Waals surface area contributed by atoms with E-state index in [4.69, 9.17) is 0 Å². The molecule has 0 fully saturated rings. The fraction of sp³-hybridized carbons (Fsp3) is 0.350. The van der Waals surface area contributed by atoms with Gasteiger partial charge in [-0.1, -0.05) is 45.8 Å². The van der Waals surface area contributed by atoms with Crippen LogP contribution >= 0.6 is 15.9 Å². The predicted octanol–water partition coefficient (Wildman–Crippen LogP) is 3.58. The molecule has 146 valence electrons. The largest absolute Gasteiger partial charge is 0.355 e. The van der Waals surface area contributed by atoms with Gasteiger partial charge in [0, 0.05) is 11.0 Å². The van der Waals surface area contributed by atoms with Crippen molar-refractivity contribution in [2.45, 2.75) is 26.7 Å². The molecule has 5 nitrogen and oxygen atoms in total. The maximum absolute atomic E-state index is 12.3. The average Bonchev–Trinajstić information content (AvgIpc) is 2.58. The normalized spacial score (nSPS) is 11.3. The van der Waals surface area contributed by atoms with Gasteiger partial charge in [-0.25, -0.2) is 8.42 Å². The standard InChI is InChI=1S/C20H25BrN2O3S/c1-15-6-4-7-17(12-15)8-5-11-22-20(24)14-23(27(3,25)26)18-9-10-19(21)16(2)13-18/h4,6-7,9-10,12-13H,5,8,11,14H2,1-3H3,(H,22,24). The third kappa shape index (κ3) is 6.66. The van der Waals surface area contributed by atoms with E-state index in [0.717, 1.165) is 33.4 Å². The highest BCUT2D eigenvalue weighted by Gasteiger charge is 2.21. The van der Waals surface area contributed by atoms with Gasteiger partial charge in [-0.05, 0) is 56.0 Å². The summed E-state index contributed by atoms with van der Waals surface area (Å²) in [6.45, 7) is 4.20. The highest BCUT2D eigenvalue weighted by atomic mass is 79.9. The number of hydrogen-bond donors (Lipinski definition) is 1. The molecule has 2 aromatic rings. The summed E-state index contributed by atoms with van der Waals surface area (Å²) in [7, 11) is -3.56. The highest BCUT2D eigenvalue weighted by Crippen LogP contribution is 2.24. The summed E-state index contributed by atoms with van der Waals surface area (Å²) < 4.78 is 26.3. The molecule has 0 aromatic heterocycles. The monoisotopic (exact) mass is 452 g/mol. The molecule has 0 spiro atoms. The van der Waals surface area contributed by atoms with Gasteiger partial charge in [0.2, 0.25) is 15.9 Å². The second-order valence-corrected chi connectivity index (χ2v) is 9.41. The lowest BCUT2D eigenvalue weighted by Crippen LogP contribution is -2.40. The van der Waals surface area contributed by atoms with Crippen molar-refractivity contribution in [1.82, 2.24) is 5.32 Å². The summed E-state index contributed by atoms with van der Waals surface area (Å²) in [5.41, 5.74) is 3.82. The van der Waals surface area contributed by atoms with E-state index < -0.39 is 10.0 Å². The van der Waals surface area contributed by atoms with E-state index in [2.05, 4.69) is 46.4 Å². The molecule has 2 aromatic carbocycles. The first kappa shape index (κ1) is 21.4. The molecule has 0 heterocycles. The molecule has 0 saturated heterocycles. The van der Waals surface area contributed by atoms with Crippen LogP contribution < -0.4 is 9.62 Å². The van der Waals surface area contributed by atoms with Gasteiger partial charge in [-0.15, -0.1) is 0 Å². The summed E-state index contributed by atoms with van der Waals surface area (Å²) in [5, 5.41) is 2.81. The van der Waals surface area contributed by atoms with Crippen LogP contribution in [0.1, 0.15) is 23.1 Å². The third-order valence-electron chi connectivity index (χ3n) is 4.16. The lowest BCUT2D eigenvalue weighted by Gasteiger charge is -2.22. The van der Waals surface area contributed by atoms with E-state index in [-0.39, 0.29) is 12.5 Å². The second-order valence-electron chi connectivity index (χ2n) is 6.65. The Morgan fingerprint density at radius 1 is 1.15 bits per heavy atom. The highest BCUT2D eigenvalue weighted by molar-refractivity contribution is 9.10. The number of nitrogens with zero attached hydrogens (tertiary/aromatic N) is 1. The van der Waals surface area contributed by atoms with E-state index in [9.17, 15) is 13.2 Å². The molecule has 0 atom stereocenters. The van der Waals surface area contributed by atoms with Gasteiger partial charge in [-0.3, -0.25) is 9.10 Å². The molecule has 7 heteroatoms. The van der Waals surface area contributed by atoms with Crippen molar-refractivity contribution in [3.05, 3.63) is 63.6 Å². The number of nitrogens with one attached hydrogen (secondary N) is 1. The Morgan fingerprint density at radius 3 is 2.52 bits per heavy atom. The molecule has 1 amide bonds. The maximum atomic E-state index is 12.3. The van der Waals surface area contributed by atoms with Gasteiger partial charge in [0.1, 0.15) is 6.54 Å². The van der Waals surface area contributed by atoms with E-state index in [1.165, 1.54) is 11.1 Å². The first-order valence-electron chi connectivity index (χ1n) is 8.73. The van der Waals surface area contributed by atoms with Gasteiger partial charge in [0.25, 0.3) is 0 Å². The van der Waals surface area contributed by atoms with E-state index >= 15 is 0 Å². The van der Waals surface area contributed by atoms with Crippen molar-refractivity contribution in [2.75, 3.05) is 23.7 Å². The number of halogens is 1. The van der Waals surface area contributed by atoms with Crippen molar-refractivity contribution in [3.8, 4) is 0 Å². The summed E-state index contributed by atoms with van der Waals surface area (Å²) in [6.07, 6.45) is 2.77. The van der Waals surface area contributed by atoms with Gasteiger partial charge in [0.05, 0.1) is 11.9 Å². The molecular weight excluding hydrogens is 428 g/mol. The Morgan fingerprint density at radius 2 is 1.89 bits per heavy atom. The molecule has 2 rings (SSSR count). The molecule has 27 heavy (non-hydrogen) atoms. The molecular formula is C20H25BrN2O3S.